The Hall–Kier alpha value is -2.83. The standard InChI is InChI=1S/C23H28N2O5/c1-29-20(26)12-19(23(28)30-2)24-18-5-3-15(4-6-18)22(27)25-21-16-8-13-7-14(10-16)11-17(21)9-13/h3-6,12-14,16-17,21,24H,7-11H2,1-2H3,(H,25,27)/b19-12+. The Morgan fingerprint density at radius 1 is 0.900 bits per heavy atom. The van der Waals surface area contributed by atoms with E-state index in [0.717, 1.165) is 17.9 Å². The fourth-order valence-corrected chi connectivity index (χ4v) is 5.69. The van der Waals surface area contributed by atoms with Crippen molar-refractivity contribution < 1.29 is 23.9 Å². The molecule has 4 aliphatic carbocycles. The van der Waals surface area contributed by atoms with E-state index in [2.05, 4.69) is 20.1 Å². The molecule has 30 heavy (non-hydrogen) atoms. The van der Waals surface area contributed by atoms with Gasteiger partial charge in [-0.15, -0.1) is 0 Å². The van der Waals surface area contributed by atoms with Crippen molar-refractivity contribution in [1.82, 2.24) is 5.32 Å². The third kappa shape index (κ3) is 4.20. The molecule has 0 saturated heterocycles. The molecule has 0 unspecified atom stereocenters. The monoisotopic (exact) mass is 412 g/mol. The molecule has 4 bridgehead atoms. The van der Waals surface area contributed by atoms with Crippen LogP contribution in [0, 0.1) is 23.7 Å². The molecule has 7 heteroatoms. The Kier molecular flexibility index (Phi) is 5.79. The number of carbonyl (C=O) groups is 3. The Morgan fingerprint density at radius 2 is 1.50 bits per heavy atom. The van der Waals surface area contributed by atoms with Gasteiger partial charge < -0.3 is 20.1 Å². The van der Waals surface area contributed by atoms with E-state index in [-0.39, 0.29) is 17.6 Å². The summed E-state index contributed by atoms with van der Waals surface area (Å²) in [5.74, 6) is 1.56. The van der Waals surface area contributed by atoms with E-state index in [4.69, 9.17) is 0 Å². The van der Waals surface area contributed by atoms with E-state index >= 15 is 0 Å². The second-order valence-electron chi connectivity index (χ2n) is 8.71. The van der Waals surface area contributed by atoms with E-state index in [1.54, 1.807) is 24.3 Å². The van der Waals surface area contributed by atoms with Crippen molar-refractivity contribution in [3.8, 4) is 0 Å². The Labute approximate surface area is 176 Å². The summed E-state index contributed by atoms with van der Waals surface area (Å²) in [6, 6.07) is 7.10. The molecular weight excluding hydrogens is 384 g/mol. The number of anilines is 1. The molecule has 1 amide bonds. The largest absolute Gasteiger partial charge is 0.466 e. The summed E-state index contributed by atoms with van der Waals surface area (Å²) < 4.78 is 9.24. The first kappa shape index (κ1) is 20.4. The maximum absolute atomic E-state index is 12.8. The molecule has 0 atom stereocenters. The van der Waals surface area contributed by atoms with E-state index in [0.29, 0.717) is 23.1 Å². The number of amides is 1. The summed E-state index contributed by atoms with van der Waals surface area (Å²) >= 11 is 0. The lowest BCUT2D eigenvalue weighted by Crippen LogP contribution is -2.55. The maximum atomic E-state index is 12.8. The number of ether oxygens (including phenoxy) is 2. The molecule has 4 fully saturated rings. The van der Waals surface area contributed by atoms with E-state index in [9.17, 15) is 14.4 Å². The molecule has 4 saturated carbocycles. The predicted molar refractivity (Wildman–Crippen MR) is 110 cm³/mol. The number of hydrogen-bond acceptors (Lipinski definition) is 6. The van der Waals surface area contributed by atoms with Gasteiger partial charge in [0.1, 0.15) is 5.70 Å². The summed E-state index contributed by atoms with van der Waals surface area (Å²) in [7, 11) is 2.46. The number of hydrogen-bond donors (Lipinski definition) is 2. The summed E-state index contributed by atoms with van der Waals surface area (Å²) in [6.45, 7) is 0. The first-order valence-corrected chi connectivity index (χ1v) is 10.5. The molecule has 5 rings (SSSR count). The van der Waals surface area contributed by atoms with Gasteiger partial charge in [-0.1, -0.05) is 0 Å². The van der Waals surface area contributed by atoms with E-state index < -0.39 is 11.9 Å². The SMILES string of the molecule is COC(=O)/C=C(/Nc1ccc(C(=O)NC2C3CC4CC(C3)CC2C4)cc1)C(=O)OC. The topological polar surface area (TPSA) is 93.7 Å². The van der Waals surface area contributed by atoms with Crippen LogP contribution in [-0.2, 0) is 19.1 Å². The van der Waals surface area contributed by atoms with Crippen molar-refractivity contribution in [2.45, 2.75) is 38.1 Å². The fourth-order valence-electron chi connectivity index (χ4n) is 5.69. The molecular formula is C23H28N2O5. The number of esters is 2. The number of carbonyl (C=O) groups excluding carboxylic acids is 3. The van der Waals surface area contributed by atoms with Crippen molar-refractivity contribution >= 4 is 23.5 Å². The van der Waals surface area contributed by atoms with Gasteiger partial charge in [0.2, 0.25) is 0 Å². The molecule has 7 nitrogen and oxygen atoms in total. The molecule has 160 valence electrons. The van der Waals surface area contributed by atoms with Crippen LogP contribution in [0.4, 0.5) is 5.69 Å². The quantitative estimate of drug-likeness (QED) is 0.551. The highest BCUT2D eigenvalue weighted by Gasteiger charge is 2.48. The van der Waals surface area contributed by atoms with Gasteiger partial charge in [-0.3, -0.25) is 4.79 Å². The molecule has 1 aromatic carbocycles. The zero-order chi connectivity index (χ0) is 21.3. The third-order valence-electron chi connectivity index (χ3n) is 6.82. The lowest BCUT2D eigenvalue weighted by molar-refractivity contribution is -0.138. The van der Waals surface area contributed by atoms with Gasteiger partial charge in [0, 0.05) is 17.3 Å². The Morgan fingerprint density at radius 3 is 2.03 bits per heavy atom. The second kappa shape index (κ2) is 8.50. The van der Waals surface area contributed by atoms with Gasteiger partial charge in [0.05, 0.1) is 20.3 Å². The second-order valence-corrected chi connectivity index (χ2v) is 8.71. The summed E-state index contributed by atoms with van der Waals surface area (Å²) in [5, 5.41) is 6.13. The highest BCUT2D eigenvalue weighted by Crippen LogP contribution is 2.53. The molecule has 0 spiro atoms. The van der Waals surface area contributed by atoms with Crippen LogP contribution in [0.25, 0.3) is 0 Å². The zero-order valence-corrected chi connectivity index (χ0v) is 17.4. The summed E-state index contributed by atoms with van der Waals surface area (Å²) in [6.07, 6.45) is 7.43. The van der Waals surface area contributed by atoms with Crippen molar-refractivity contribution in [1.29, 1.82) is 0 Å². The molecule has 1 aromatic rings. The van der Waals surface area contributed by atoms with Gasteiger partial charge >= 0.3 is 11.9 Å². The van der Waals surface area contributed by atoms with Crippen LogP contribution in [0.2, 0.25) is 0 Å². The molecule has 0 heterocycles. The van der Waals surface area contributed by atoms with Crippen LogP contribution in [0.5, 0.6) is 0 Å². The zero-order valence-electron chi connectivity index (χ0n) is 17.4. The Balaban J connectivity index is 1.40. The van der Waals surface area contributed by atoms with Crippen LogP contribution in [0.1, 0.15) is 42.5 Å². The molecule has 0 aliphatic heterocycles. The maximum Gasteiger partial charge on any atom is 0.354 e. The number of benzene rings is 1. The van der Waals surface area contributed by atoms with Crippen molar-refractivity contribution in [3.05, 3.63) is 41.6 Å². The minimum atomic E-state index is -0.691. The number of rotatable bonds is 6. The first-order chi connectivity index (χ1) is 14.5. The van der Waals surface area contributed by atoms with Crippen LogP contribution >= 0.6 is 0 Å². The van der Waals surface area contributed by atoms with Gasteiger partial charge in [-0.25, -0.2) is 9.59 Å². The number of methoxy groups -OCH3 is 2. The smallest absolute Gasteiger partial charge is 0.354 e. The minimum absolute atomic E-state index is 0.0462. The normalized spacial score (nSPS) is 29.3. The lowest BCUT2D eigenvalue weighted by Gasteiger charge is -2.54. The minimum Gasteiger partial charge on any atom is -0.466 e. The van der Waals surface area contributed by atoms with Gasteiger partial charge in [-0.05, 0) is 80.0 Å². The summed E-state index contributed by atoms with van der Waals surface area (Å²) in [5.41, 5.74) is 1.09. The van der Waals surface area contributed by atoms with Crippen LogP contribution in [0.15, 0.2) is 36.0 Å². The van der Waals surface area contributed by atoms with Gasteiger partial charge in [0.25, 0.3) is 5.91 Å². The lowest BCUT2D eigenvalue weighted by atomic mass is 9.54. The summed E-state index contributed by atoms with van der Waals surface area (Å²) in [4.78, 5) is 36.2. The molecule has 2 N–H and O–H groups in total. The molecule has 0 aromatic heterocycles. The third-order valence-corrected chi connectivity index (χ3v) is 6.82. The van der Waals surface area contributed by atoms with Crippen molar-refractivity contribution in [2.75, 3.05) is 19.5 Å². The van der Waals surface area contributed by atoms with E-state index in [1.165, 1.54) is 46.3 Å². The highest BCUT2D eigenvalue weighted by atomic mass is 16.5. The highest BCUT2D eigenvalue weighted by molar-refractivity contribution is 5.99. The predicted octanol–water partition coefficient (Wildman–Crippen LogP) is 2.88. The number of nitrogens with one attached hydrogen (secondary N) is 2. The average molecular weight is 412 g/mol. The van der Waals surface area contributed by atoms with Crippen LogP contribution in [-0.4, -0.2) is 38.1 Å². The fraction of sp³-hybridized carbons (Fsp3) is 0.522. The van der Waals surface area contributed by atoms with Crippen molar-refractivity contribution in [2.24, 2.45) is 23.7 Å². The van der Waals surface area contributed by atoms with Gasteiger partial charge in [0.15, 0.2) is 0 Å². The Bertz CT molecular complexity index is 833. The van der Waals surface area contributed by atoms with Crippen LogP contribution < -0.4 is 10.6 Å². The first-order valence-electron chi connectivity index (χ1n) is 10.5. The molecule has 0 radical (unpaired) electrons. The van der Waals surface area contributed by atoms with Crippen molar-refractivity contribution in [3.63, 3.8) is 0 Å². The average Bonchev–Trinajstić information content (AvgIpc) is 2.75. The van der Waals surface area contributed by atoms with E-state index in [1.807, 2.05) is 0 Å². The van der Waals surface area contributed by atoms with Crippen LogP contribution in [0.3, 0.4) is 0 Å². The molecule has 4 aliphatic rings. The van der Waals surface area contributed by atoms with Gasteiger partial charge in [-0.2, -0.15) is 0 Å².